The number of ether oxygens (including phenoxy) is 1. The molecule has 1 aromatic carbocycles. The first-order valence-corrected chi connectivity index (χ1v) is 13.6. The van der Waals surface area contributed by atoms with Gasteiger partial charge in [-0.1, -0.05) is 0 Å². The molecule has 2 fully saturated rings. The highest BCUT2D eigenvalue weighted by Gasteiger charge is 2.32. The van der Waals surface area contributed by atoms with Crippen LogP contribution < -0.4 is 10.1 Å². The zero-order chi connectivity index (χ0) is 24.5. The van der Waals surface area contributed by atoms with Gasteiger partial charge in [0.1, 0.15) is 11.6 Å². The molecule has 2 aromatic rings. The summed E-state index contributed by atoms with van der Waals surface area (Å²) in [7, 11) is -3.08. The number of amides is 2. The Balaban J connectivity index is 1.36. The Morgan fingerprint density at radius 2 is 1.79 bits per heavy atom. The summed E-state index contributed by atoms with van der Waals surface area (Å²) in [5, 5.41) is 7.23. The summed E-state index contributed by atoms with van der Waals surface area (Å²) in [6.45, 7) is 5.90. The fourth-order valence-electron chi connectivity index (χ4n) is 4.88. The van der Waals surface area contributed by atoms with Gasteiger partial charge in [-0.3, -0.25) is 9.59 Å². The Morgan fingerprint density at radius 3 is 2.41 bits per heavy atom. The maximum absolute atomic E-state index is 12.8. The van der Waals surface area contributed by atoms with Crippen molar-refractivity contribution in [2.75, 3.05) is 23.4 Å². The van der Waals surface area contributed by atoms with E-state index >= 15 is 0 Å². The largest absolute Gasteiger partial charge is 0.484 e. The number of anilines is 1. The average molecular weight is 489 g/mol. The van der Waals surface area contributed by atoms with Crippen molar-refractivity contribution in [2.24, 2.45) is 0 Å². The van der Waals surface area contributed by atoms with Crippen LogP contribution >= 0.6 is 0 Å². The predicted octanol–water partition coefficient (Wildman–Crippen LogP) is 2.97. The lowest BCUT2D eigenvalue weighted by Crippen LogP contribution is -2.49. The smallest absolute Gasteiger partial charge is 0.260 e. The lowest BCUT2D eigenvalue weighted by molar-refractivity contribution is -0.139. The first-order chi connectivity index (χ1) is 16.1. The van der Waals surface area contributed by atoms with Crippen molar-refractivity contribution >= 4 is 27.5 Å². The molecule has 4 rings (SSSR count). The van der Waals surface area contributed by atoms with Crippen LogP contribution in [0.25, 0.3) is 0 Å². The molecule has 3 atom stereocenters. The Hall–Kier alpha value is -2.88. The summed E-state index contributed by atoms with van der Waals surface area (Å²) in [6, 6.07) is 8.47. The fourth-order valence-corrected chi connectivity index (χ4v) is 6.57. The first kappa shape index (κ1) is 24.3. The number of carbonyl (C=O) groups is 2. The molecule has 0 saturated carbocycles. The van der Waals surface area contributed by atoms with E-state index in [-0.39, 0.29) is 48.1 Å². The minimum Gasteiger partial charge on any atom is -0.484 e. The second kappa shape index (κ2) is 9.77. The SMILES string of the molecule is Cc1cc(NC(=O)c2ccc(OCC(=O)N3C(C)CCCC3C)cc2)n(C2CCS(=O)(=O)C2)n1. The van der Waals surface area contributed by atoms with Crippen molar-refractivity contribution in [1.29, 1.82) is 0 Å². The molecule has 9 nitrogen and oxygen atoms in total. The maximum atomic E-state index is 12.8. The average Bonchev–Trinajstić information content (AvgIpc) is 3.33. The molecule has 0 bridgehead atoms. The monoisotopic (exact) mass is 488 g/mol. The quantitative estimate of drug-likeness (QED) is 0.669. The van der Waals surface area contributed by atoms with Gasteiger partial charge in [0.2, 0.25) is 0 Å². The summed E-state index contributed by atoms with van der Waals surface area (Å²) in [4.78, 5) is 27.4. The van der Waals surface area contributed by atoms with Gasteiger partial charge in [0.25, 0.3) is 11.8 Å². The molecular formula is C24H32N4O5S. The molecule has 2 aliphatic heterocycles. The highest BCUT2D eigenvalue weighted by Crippen LogP contribution is 2.27. The lowest BCUT2D eigenvalue weighted by atomic mass is 9.97. The van der Waals surface area contributed by atoms with E-state index in [0.717, 1.165) is 19.3 Å². The minimum absolute atomic E-state index is 0.0245. The number of rotatable bonds is 6. The number of aromatic nitrogens is 2. The number of nitrogens with one attached hydrogen (secondary N) is 1. The third-order valence-electron chi connectivity index (χ3n) is 6.61. The van der Waals surface area contributed by atoms with E-state index in [2.05, 4.69) is 24.3 Å². The van der Waals surface area contributed by atoms with Gasteiger partial charge in [0.05, 0.1) is 23.2 Å². The van der Waals surface area contributed by atoms with Gasteiger partial charge in [-0.2, -0.15) is 5.10 Å². The summed E-state index contributed by atoms with van der Waals surface area (Å²) in [5.41, 5.74) is 1.12. The van der Waals surface area contributed by atoms with Gasteiger partial charge in [0.15, 0.2) is 16.4 Å². The number of likely N-dealkylation sites (tertiary alicyclic amines) is 1. The Labute approximate surface area is 200 Å². The summed E-state index contributed by atoms with van der Waals surface area (Å²) in [6.07, 6.45) is 3.63. The van der Waals surface area contributed by atoms with E-state index in [1.54, 1.807) is 41.9 Å². The molecule has 2 amide bonds. The van der Waals surface area contributed by atoms with Gasteiger partial charge < -0.3 is 15.0 Å². The van der Waals surface area contributed by atoms with Gasteiger partial charge in [-0.15, -0.1) is 0 Å². The molecule has 34 heavy (non-hydrogen) atoms. The third kappa shape index (κ3) is 5.43. The first-order valence-electron chi connectivity index (χ1n) is 11.7. The number of sulfone groups is 1. The second-order valence-electron chi connectivity index (χ2n) is 9.37. The van der Waals surface area contributed by atoms with Crippen molar-refractivity contribution in [3.63, 3.8) is 0 Å². The molecule has 3 heterocycles. The highest BCUT2D eigenvalue weighted by atomic mass is 32.2. The van der Waals surface area contributed by atoms with Gasteiger partial charge in [0, 0.05) is 23.7 Å². The number of piperidine rings is 1. The molecule has 10 heteroatoms. The van der Waals surface area contributed by atoms with E-state index in [9.17, 15) is 18.0 Å². The van der Waals surface area contributed by atoms with Crippen LogP contribution in [0.15, 0.2) is 30.3 Å². The predicted molar refractivity (Wildman–Crippen MR) is 129 cm³/mol. The maximum Gasteiger partial charge on any atom is 0.260 e. The van der Waals surface area contributed by atoms with Crippen LogP contribution in [0.2, 0.25) is 0 Å². The Bertz CT molecular complexity index is 1150. The fraction of sp³-hybridized carbons (Fsp3) is 0.542. The lowest BCUT2D eigenvalue weighted by Gasteiger charge is -2.38. The highest BCUT2D eigenvalue weighted by molar-refractivity contribution is 7.91. The van der Waals surface area contributed by atoms with Crippen LogP contribution in [0.3, 0.4) is 0 Å². The number of hydrogen-bond acceptors (Lipinski definition) is 6. The molecule has 2 saturated heterocycles. The van der Waals surface area contributed by atoms with Crippen molar-refractivity contribution in [3.8, 4) is 5.75 Å². The minimum atomic E-state index is -3.08. The molecular weight excluding hydrogens is 456 g/mol. The molecule has 0 radical (unpaired) electrons. The summed E-state index contributed by atoms with van der Waals surface area (Å²) in [5.74, 6) is 0.777. The summed E-state index contributed by atoms with van der Waals surface area (Å²) >= 11 is 0. The van der Waals surface area contributed by atoms with E-state index in [0.29, 0.717) is 29.2 Å². The number of aryl methyl sites for hydroxylation is 1. The van der Waals surface area contributed by atoms with Crippen LogP contribution in [-0.2, 0) is 14.6 Å². The number of hydrogen-bond donors (Lipinski definition) is 1. The van der Waals surface area contributed by atoms with Crippen LogP contribution in [0.4, 0.5) is 5.82 Å². The molecule has 1 N–H and O–H groups in total. The van der Waals surface area contributed by atoms with E-state index in [1.165, 1.54) is 0 Å². The van der Waals surface area contributed by atoms with Crippen molar-refractivity contribution in [3.05, 3.63) is 41.6 Å². The number of benzene rings is 1. The molecule has 0 aliphatic carbocycles. The van der Waals surface area contributed by atoms with Crippen LogP contribution in [-0.4, -0.2) is 65.1 Å². The molecule has 1 aromatic heterocycles. The third-order valence-corrected chi connectivity index (χ3v) is 8.36. The van der Waals surface area contributed by atoms with E-state index in [4.69, 9.17) is 4.74 Å². The Kier molecular flexibility index (Phi) is 6.97. The van der Waals surface area contributed by atoms with E-state index in [1.807, 2.05) is 4.90 Å². The standard InChI is InChI=1S/C24H32N4O5S/c1-16-13-22(28(26-16)20-11-12-34(31,32)15-20)25-24(30)19-7-9-21(10-8-19)33-14-23(29)27-17(2)5-4-6-18(27)3/h7-10,13,17-18,20H,4-6,11-12,14-15H2,1-3H3,(H,25,30). The topological polar surface area (TPSA) is 111 Å². The second-order valence-corrected chi connectivity index (χ2v) is 11.6. The van der Waals surface area contributed by atoms with Crippen LogP contribution in [0, 0.1) is 6.92 Å². The van der Waals surface area contributed by atoms with Gasteiger partial charge in [-0.25, -0.2) is 13.1 Å². The summed E-state index contributed by atoms with van der Waals surface area (Å²) < 4.78 is 31.0. The number of nitrogens with zero attached hydrogens (tertiary/aromatic N) is 3. The van der Waals surface area contributed by atoms with Crippen molar-refractivity contribution in [1.82, 2.24) is 14.7 Å². The molecule has 2 aliphatic rings. The number of carbonyl (C=O) groups excluding carboxylic acids is 2. The van der Waals surface area contributed by atoms with Crippen molar-refractivity contribution in [2.45, 2.75) is 64.6 Å². The van der Waals surface area contributed by atoms with Gasteiger partial charge >= 0.3 is 0 Å². The zero-order valence-corrected chi connectivity index (χ0v) is 20.7. The molecule has 0 spiro atoms. The molecule has 184 valence electrons. The van der Waals surface area contributed by atoms with Gasteiger partial charge in [-0.05, 0) is 70.7 Å². The Morgan fingerprint density at radius 1 is 1.12 bits per heavy atom. The van der Waals surface area contributed by atoms with Crippen LogP contribution in [0.5, 0.6) is 5.75 Å². The van der Waals surface area contributed by atoms with Crippen LogP contribution in [0.1, 0.15) is 61.6 Å². The normalized spacial score (nSPS) is 24.1. The van der Waals surface area contributed by atoms with Crippen molar-refractivity contribution < 1.29 is 22.7 Å². The molecule has 3 unspecified atom stereocenters. The van der Waals surface area contributed by atoms with E-state index < -0.39 is 9.84 Å². The zero-order valence-electron chi connectivity index (χ0n) is 19.9.